The Balaban J connectivity index is 3.42. The van der Waals surface area contributed by atoms with Crippen molar-refractivity contribution in [3.8, 4) is 0 Å². The maximum atomic E-state index is 6.39. The SMILES string of the molecule is COC(C)(C)Cc1nc(C(C)(C)C)n(C(C)(C)C)c1N. The number of rotatable bonds is 3. The van der Waals surface area contributed by atoms with E-state index < -0.39 is 0 Å². The summed E-state index contributed by atoms with van der Waals surface area (Å²) >= 11 is 0. The lowest BCUT2D eigenvalue weighted by Crippen LogP contribution is -2.30. The third-order valence-electron chi connectivity index (χ3n) is 3.48. The van der Waals surface area contributed by atoms with Crippen molar-refractivity contribution in [3.63, 3.8) is 0 Å². The maximum Gasteiger partial charge on any atom is 0.127 e. The third kappa shape index (κ3) is 3.54. The first-order valence-corrected chi connectivity index (χ1v) is 7.23. The van der Waals surface area contributed by atoms with E-state index in [9.17, 15) is 0 Å². The maximum absolute atomic E-state index is 6.39. The van der Waals surface area contributed by atoms with Crippen LogP contribution in [-0.2, 0) is 22.1 Å². The summed E-state index contributed by atoms with van der Waals surface area (Å²) in [5.74, 6) is 1.79. The highest BCUT2D eigenvalue weighted by atomic mass is 16.5. The number of anilines is 1. The molecule has 0 fully saturated rings. The molecule has 0 spiro atoms. The molecule has 0 radical (unpaired) electrons. The second-order valence-electron chi connectivity index (χ2n) is 8.16. The van der Waals surface area contributed by atoms with Crippen molar-refractivity contribution in [1.29, 1.82) is 0 Å². The first-order valence-electron chi connectivity index (χ1n) is 7.23. The van der Waals surface area contributed by atoms with Gasteiger partial charge < -0.3 is 15.0 Å². The summed E-state index contributed by atoms with van der Waals surface area (Å²) in [6.07, 6.45) is 0.710. The quantitative estimate of drug-likeness (QED) is 0.922. The van der Waals surface area contributed by atoms with E-state index in [2.05, 4.69) is 60.0 Å². The van der Waals surface area contributed by atoms with Gasteiger partial charge >= 0.3 is 0 Å². The van der Waals surface area contributed by atoms with Crippen molar-refractivity contribution in [3.05, 3.63) is 11.5 Å². The monoisotopic (exact) mass is 281 g/mol. The molecule has 1 aromatic heterocycles. The molecule has 1 rings (SSSR count). The summed E-state index contributed by atoms with van der Waals surface area (Å²) in [6, 6.07) is 0. The highest BCUT2D eigenvalue weighted by Crippen LogP contribution is 2.33. The second kappa shape index (κ2) is 5.06. The summed E-state index contributed by atoms with van der Waals surface area (Å²) < 4.78 is 7.67. The minimum atomic E-state index is -0.264. The molecule has 2 N–H and O–H groups in total. The average Bonchev–Trinajstić information content (AvgIpc) is 2.55. The number of methoxy groups -OCH3 is 1. The standard InChI is InChI=1S/C16H31N3O/c1-14(2,3)13-18-11(10-16(7,8)20-9)12(17)19(13)15(4,5)6/h10,17H2,1-9H3. The molecule has 0 aromatic carbocycles. The number of aromatic nitrogens is 2. The summed E-state index contributed by atoms with van der Waals surface area (Å²) in [6.45, 7) is 17.1. The van der Waals surface area contributed by atoms with Gasteiger partial charge in [-0.1, -0.05) is 20.8 Å². The molecule has 0 saturated heterocycles. The lowest BCUT2D eigenvalue weighted by atomic mass is 9.94. The van der Waals surface area contributed by atoms with Crippen LogP contribution in [0.2, 0.25) is 0 Å². The molecule has 0 unspecified atom stereocenters. The number of nitrogens with two attached hydrogens (primary N) is 1. The van der Waals surface area contributed by atoms with Crippen LogP contribution in [-0.4, -0.2) is 22.3 Å². The minimum Gasteiger partial charge on any atom is -0.384 e. The Morgan fingerprint density at radius 3 is 1.85 bits per heavy atom. The van der Waals surface area contributed by atoms with E-state index in [4.69, 9.17) is 15.5 Å². The Morgan fingerprint density at radius 2 is 1.55 bits per heavy atom. The molecule has 4 nitrogen and oxygen atoms in total. The van der Waals surface area contributed by atoms with Gasteiger partial charge in [0.05, 0.1) is 11.3 Å². The van der Waals surface area contributed by atoms with Gasteiger partial charge in [0.2, 0.25) is 0 Å². The van der Waals surface area contributed by atoms with E-state index in [0.717, 1.165) is 17.3 Å². The van der Waals surface area contributed by atoms with Gasteiger partial charge in [0, 0.05) is 24.5 Å². The first-order chi connectivity index (χ1) is 8.79. The van der Waals surface area contributed by atoms with Crippen LogP contribution in [0.3, 0.4) is 0 Å². The predicted octanol–water partition coefficient (Wildman–Crippen LogP) is 3.49. The summed E-state index contributed by atoms with van der Waals surface area (Å²) in [4.78, 5) is 4.84. The fourth-order valence-electron chi connectivity index (χ4n) is 2.27. The van der Waals surface area contributed by atoms with Crippen LogP contribution >= 0.6 is 0 Å². The molecule has 1 aromatic rings. The molecule has 0 atom stereocenters. The lowest BCUT2D eigenvalue weighted by molar-refractivity contribution is 0.0226. The van der Waals surface area contributed by atoms with Crippen LogP contribution in [0.4, 0.5) is 5.82 Å². The zero-order chi connectivity index (χ0) is 15.9. The normalized spacial score (nSPS) is 13.8. The summed E-state index contributed by atoms with van der Waals surface area (Å²) in [5, 5.41) is 0. The van der Waals surface area contributed by atoms with Crippen molar-refractivity contribution in [1.82, 2.24) is 9.55 Å². The molecule has 0 bridgehead atoms. The summed E-state index contributed by atoms with van der Waals surface area (Å²) in [5.41, 5.74) is 6.92. The molecular weight excluding hydrogens is 250 g/mol. The molecule has 1 heterocycles. The fourth-order valence-corrected chi connectivity index (χ4v) is 2.27. The van der Waals surface area contributed by atoms with Crippen molar-refractivity contribution in [2.75, 3.05) is 12.8 Å². The zero-order valence-corrected chi connectivity index (χ0v) is 14.6. The fraction of sp³-hybridized carbons (Fsp3) is 0.812. The van der Waals surface area contributed by atoms with E-state index in [1.807, 2.05) is 0 Å². The molecule has 0 aliphatic rings. The van der Waals surface area contributed by atoms with E-state index in [1.165, 1.54) is 0 Å². The van der Waals surface area contributed by atoms with Gasteiger partial charge in [-0.15, -0.1) is 0 Å². The average molecular weight is 281 g/mol. The molecular formula is C16H31N3O. The molecule has 0 aliphatic heterocycles. The van der Waals surface area contributed by atoms with E-state index in [0.29, 0.717) is 6.42 Å². The highest BCUT2D eigenvalue weighted by Gasteiger charge is 2.32. The van der Waals surface area contributed by atoms with Crippen molar-refractivity contribution >= 4 is 5.82 Å². The lowest BCUT2D eigenvalue weighted by Gasteiger charge is -2.29. The Morgan fingerprint density at radius 1 is 1.05 bits per heavy atom. The van der Waals surface area contributed by atoms with Gasteiger partial charge in [-0.25, -0.2) is 4.98 Å². The second-order valence-corrected chi connectivity index (χ2v) is 8.16. The van der Waals surface area contributed by atoms with Gasteiger partial charge in [-0.05, 0) is 34.6 Å². The molecule has 4 heteroatoms. The highest BCUT2D eigenvalue weighted by molar-refractivity contribution is 5.42. The Bertz CT molecular complexity index is 473. The van der Waals surface area contributed by atoms with Gasteiger partial charge in [0.15, 0.2) is 0 Å². The summed E-state index contributed by atoms with van der Waals surface area (Å²) in [7, 11) is 1.72. The largest absolute Gasteiger partial charge is 0.384 e. The van der Waals surface area contributed by atoms with Crippen LogP contribution in [0.15, 0.2) is 0 Å². The number of ether oxygens (including phenoxy) is 1. The van der Waals surface area contributed by atoms with Crippen LogP contribution in [0.5, 0.6) is 0 Å². The van der Waals surface area contributed by atoms with E-state index in [-0.39, 0.29) is 16.6 Å². The van der Waals surface area contributed by atoms with Gasteiger partial charge in [-0.3, -0.25) is 0 Å². The Hall–Kier alpha value is -1.03. The van der Waals surface area contributed by atoms with E-state index in [1.54, 1.807) is 7.11 Å². The Kier molecular flexibility index (Phi) is 4.31. The smallest absolute Gasteiger partial charge is 0.127 e. The van der Waals surface area contributed by atoms with E-state index >= 15 is 0 Å². The van der Waals surface area contributed by atoms with Gasteiger partial charge in [0.1, 0.15) is 11.6 Å². The van der Waals surface area contributed by atoms with Crippen LogP contribution in [0.1, 0.15) is 66.9 Å². The first kappa shape index (κ1) is 17.0. The van der Waals surface area contributed by atoms with Gasteiger partial charge in [-0.2, -0.15) is 0 Å². The molecule has 116 valence electrons. The van der Waals surface area contributed by atoms with Crippen LogP contribution in [0.25, 0.3) is 0 Å². The topological polar surface area (TPSA) is 53.1 Å². The number of nitrogens with zero attached hydrogens (tertiary/aromatic N) is 2. The predicted molar refractivity (Wildman–Crippen MR) is 85.1 cm³/mol. The number of hydrogen-bond acceptors (Lipinski definition) is 3. The van der Waals surface area contributed by atoms with Gasteiger partial charge in [0.25, 0.3) is 0 Å². The third-order valence-corrected chi connectivity index (χ3v) is 3.48. The van der Waals surface area contributed by atoms with Crippen molar-refractivity contribution in [2.45, 2.75) is 78.4 Å². The van der Waals surface area contributed by atoms with Crippen LogP contribution in [0, 0.1) is 0 Å². The van der Waals surface area contributed by atoms with Crippen molar-refractivity contribution in [2.24, 2.45) is 0 Å². The van der Waals surface area contributed by atoms with Crippen molar-refractivity contribution < 1.29 is 4.74 Å². The number of imidazole rings is 1. The number of hydrogen-bond donors (Lipinski definition) is 1. The molecule has 0 saturated carbocycles. The zero-order valence-electron chi connectivity index (χ0n) is 14.6. The minimum absolute atomic E-state index is 0.0448. The molecule has 0 amide bonds. The molecule has 20 heavy (non-hydrogen) atoms. The number of nitrogen functional groups attached to an aromatic ring is 1. The Labute approximate surface area is 123 Å². The van der Waals surface area contributed by atoms with Crippen LogP contribution < -0.4 is 5.73 Å². The molecule has 0 aliphatic carbocycles.